The van der Waals surface area contributed by atoms with E-state index in [0.717, 1.165) is 28.1 Å². The Kier molecular flexibility index (Phi) is 4.66. The van der Waals surface area contributed by atoms with Gasteiger partial charge >= 0.3 is 0 Å². The number of nitrogens with zero attached hydrogens (tertiary/aromatic N) is 2. The average Bonchev–Trinajstić information content (AvgIpc) is 3.09. The van der Waals surface area contributed by atoms with Crippen molar-refractivity contribution >= 4 is 33.1 Å². The molecule has 4 aromatic rings. The molecule has 27 heavy (non-hydrogen) atoms. The number of hydrogen-bond acceptors (Lipinski definition) is 4. The highest BCUT2D eigenvalue weighted by Crippen LogP contribution is 2.38. The highest BCUT2D eigenvalue weighted by molar-refractivity contribution is 7.17. The number of benzene rings is 2. The monoisotopic (exact) mass is 373 g/mol. The minimum atomic E-state index is 0.867. The SMILES string of the molecule is CCc1ccc(-c2csc3ncnc(Nc4c(C)cc(C)cc4C)c23)cc1. The van der Waals surface area contributed by atoms with Gasteiger partial charge in [-0.1, -0.05) is 48.9 Å². The lowest BCUT2D eigenvalue weighted by atomic mass is 10.0. The summed E-state index contributed by atoms with van der Waals surface area (Å²) >= 11 is 1.66. The first-order valence-corrected chi connectivity index (χ1v) is 10.1. The quantitative estimate of drug-likeness (QED) is 0.438. The van der Waals surface area contributed by atoms with Crippen molar-refractivity contribution in [1.29, 1.82) is 0 Å². The van der Waals surface area contributed by atoms with E-state index < -0.39 is 0 Å². The van der Waals surface area contributed by atoms with Crippen LogP contribution in [-0.4, -0.2) is 9.97 Å². The Hall–Kier alpha value is -2.72. The molecule has 2 heterocycles. The average molecular weight is 374 g/mol. The number of thiophene rings is 1. The first-order chi connectivity index (χ1) is 13.1. The van der Waals surface area contributed by atoms with Gasteiger partial charge in [0, 0.05) is 16.6 Å². The normalized spacial score (nSPS) is 11.1. The van der Waals surface area contributed by atoms with Crippen molar-refractivity contribution in [2.45, 2.75) is 34.1 Å². The number of anilines is 2. The maximum absolute atomic E-state index is 4.58. The fourth-order valence-electron chi connectivity index (χ4n) is 3.60. The molecule has 136 valence electrons. The van der Waals surface area contributed by atoms with Crippen molar-refractivity contribution in [2.75, 3.05) is 5.32 Å². The molecule has 0 radical (unpaired) electrons. The van der Waals surface area contributed by atoms with Crippen LogP contribution in [0.5, 0.6) is 0 Å². The predicted molar refractivity (Wildman–Crippen MR) is 116 cm³/mol. The second-order valence-corrected chi connectivity index (χ2v) is 7.86. The van der Waals surface area contributed by atoms with E-state index in [1.54, 1.807) is 17.7 Å². The molecule has 4 heteroatoms. The maximum atomic E-state index is 4.58. The second-order valence-electron chi connectivity index (χ2n) is 7.00. The van der Waals surface area contributed by atoms with Gasteiger partial charge in [0.25, 0.3) is 0 Å². The van der Waals surface area contributed by atoms with E-state index in [2.05, 4.69) is 84.8 Å². The fraction of sp³-hybridized carbons (Fsp3) is 0.217. The number of nitrogens with one attached hydrogen (secondary N) is 1. The Morgan fingerprint density at radius 3 is 2.33 bits per heavy atom. The summed E-state index contributed by atoms with van der Waals surface area (Å²) in [7, 11) is 0. The number of aryl methyl sites for hydroxylation is 4. The molecule has 0 amide bonds. The number of hydrogen-bond donors (Lipinski definition) is 1. The molecule has 0 spiro atoms. The lowest BCUT2D eigenvalue weighted by Crippen LogP contribution is -2.00. The molecule has 4 rings (SSSR count). The number of aromatic nitrogens is 2. The molecule has 1 N–H and O–H groups in total. The summed E-state index contributed by atoms with van der Waals surface area (Å²) in [4.78, 5) is 10.1. The van der Waals surface area contributed by atoms with Crippen LogP contribution < -0.4 is 5.32 Å². The van der Waals surface area contributed by atoms with Gasteiger partial charge in [-0.3, -0.25) is 0 Å². The largest absolute Gasteiger partial charge is 0.339 e. The van der Waals surface area contributed by atoms with Gasteiger partial charge in [0.1, 0.15) is 17.0 Å². The van der Waals surface area contributed by atoms with Crippen LogP contribution in [0.1, 0.15) is 29.2 Å². The highest BCUT2D eigenvalue weighted by Gasteiger charge is 2.15. The molecule has 0 aliphatic rings. The van der Waals surface area contributed by atoms with Gasteiger partial charge in [0.2, 0.25) is 0 Å². The van der Waals surface area contributed by atoms with E-state index in [9.17, 15) is 0 Å². The van der Waals surface area contributed by atoms with Crippen LogP contribution in [0, 0.1) is 20.8 Å². The fourth-order valence-corrected chi connectivity index (χ4v) is 4.51. The van der Waals surface area contributed by atoms with E-state index in [4.69, 9.17) is 0 Å². The Morgan fingerprint density at radius 1 is 0.963 bits per heavy atom. The van der Waals surface area contributed by atoms with Crippen LogP contribution in [0.25, 0.3) is 21.3 Å². The molecule has 0 unspecified atom stereocenters. The van der Waals surface area contributed by atoms with Gasteiger partial charge in [-0.25, -0.2) is 9.97 Å². The van der Waals surface area contributed by atoms with E-state index >= 15 is 0 Å². The molecular weight excluding hydrogens is 350 g/mol. The zero-order valence-corrected chi connectivity index (χ0v) is 16.9. The van der Waals surface area contributed by atoms with Crippen molar-refractivity contribution in [1.82, 2.24) is 9.97 Å². The molecule has 0 bridgehead atoms. The van der Waals surface area contributed by atoms with Crippen LogP contribution in [0.3, 0.4) is 0 Å². The minimum absolute atomic E-state index is 0.867. The van der Waals surface area contributed by atoms with Crippen molar-refractivity contribution in [3.8, 4) is 11.1 Å². The van der Waals surface area contributed by atoms with Crippen molar-refractivity contribution in [3.63, 3.8) is 0 Å². The van der Waals surface area contributed by atoms with Crippen LogP contribution in [-0.2, 0) is 6.42 Å². The third kappa shape index (κ3) is 3.33. The summed E-state index contributed by atoms with van der Waals surface area (Å²) in [6.45, 7) is 8.58. The molecule has 3 nitrogen and oxygen atoms in total. The molecule has 0 saturated heterocycles. The van der Waals surface area contributed by atoms with Crippen LogP contribution in [0.4, 0.5) is 11.5 Å². The molecule has 2 aromatic carbocycles. The number of fused-ring (bicyclic) bond motifs is 1. The number of rotatable bonds is 4. The highest BCUT2D eigenvalue weighted by atomic mass is 32.1. The summed E-state index contributed by atoms with van der Waals surface area (Å²) in [5, 5.41) is 6.85. The zero-order valence-electron chi connectivity index (χ0n) is 16.1. The zero-order chi connectivity index (χ0) is 19.0. The van der Waals surface area contributed by atoms with Gasteiger partial charge in [-0.2, -0.15) is 0 Å². The molecule has 0 atom stereocenters. The summed E-state index contributed by atoms with van der Waals surface area (Å²) in [5.41, 5.74) is 8.58. The van der Waals surface area contributed by atoms with E-state index in [-0.39, 0.29) is 0 Å². The first kappa shape index (κ1) is 17.7. The van der Waals surface area contributed by atoms with Gasteiger partial charge in [0.05, 0.1) is 5.39 Å². The Morgan fingerprint density at radius 2 is 1.67 bits per heavy atom. The van der Waals surface area contributed by atoms with E-state index in [0.29, 0.717) is 0 Å². The summed E-state index contributed by atoms with van der Waals surface area (Å²) in [6, 6.07) is 13.2. The predicted octanol–water partition coefficient (Wildman–Crippen LogP) is 6.59. The van der Waals surface area contributed by atoms with Crippen LogP contribution in [0.15, 0.2) is 48.1 Å². The van der Waals surface area contributed by atoms with E-state index in [1.807, 2.05) is 0 Å². The Balaban J connectivity index is 1.83. The molecule has 0 aliphatic heterocycles. The third-order valence-electron chi connectivity index (χ3n) is 4.96. The van der Waals surface area contributed by atoms with Crippen molar-refractivity contribution in [2.24, 2.45) is 0 Å². The van der Waals surface area contributed by atoms with Crippen LogP contribution >= 0.6 is 11.3 Å². The summed E-state index contributed by atoms with van der Waals surface area (Å²) in [5.74, 6) is 0.867. The van der Waals surface area contributed by atoms with Gasteiger partial charge in [-0.15, -0.1) is 11.3 Å². The summed E-state index contributed by atoms with van der Waals surface area (Å²) in [6.07, 6.45) is 2.69. The smallest absolute Gasteiger partial charge is 0.143 e. The maximum Gasteiger partial charge on any atom is 0.143 e. The third-order valence-corrected chi connectivity index (χ3v) is 5.85. The summed E-state index contributed by atoms with van der Waals surface area (Å²) < 4.78 is 0. The lowest BCUT2D eigenvalue weighted by Gasteiger charge is -2.14. The van der Waals surface area contributed by atoms with Crippen molar-refractivity contribution in [3.05, 3.63) is 70.4 Å². The second kappa shape index (κ2) is 7.12. The van der Waals surface area contributed by atoms with Gasteiger partial charge in [0.15, 0.2) is 0 Å². The van der Waals surface area contributed by atoms with Crippen LogP contribution in [0.2, 0.25) is 0 Å². The van der Waals surface area contributed by atoms with Crippen molar-refractivity contribution < 1.29 is 0 Å². The lowest BCUT2D eigenvalue weighted by molar-refractivity contribution is 1.14. The molecule has 0 fully saturated rings. The Bertz CT molecular complexity index is 1090. The minimum Gasteiger partial charge on any atom is -0.339 e. The molecule has 0 aliphatic carbocycles. The molecular formula is C23H23N3S. The molecule has 2 aromatic heterocycles. The first-order valence-electron chi connectivity index (χ1n) is 9.23. The van der Waals surface area contributed by atoms with E-state index in [1.165, 1.54) is 33.4 Å². The molecule has 0 saturated carbocycles. The van der Waals surface area contributed by atoms with Gasteiger partial charge in [-0.05, 0) is 49.4 Å². The standard InChI is InChI=1S/C23H23N3S/c1-5-17-6-8-18(9-7-17)19-12-27-23-20(19)22(24-13-25-23)26-21-15(3)10-14(2)11-16(21)4/h6-13H,5H2,1-4H3,(H,24,25,26). The topological polar surface area (TPSA) is 37.8 Å². The Labute approximate surface area is 164 Å². The van der Waals surface area contributed by atoms with Gasteiger partial charge < -0.3 is 5.32 Å².